The van der Waals surface area contributed by atoms with E-state index in [4.69, 9.17) is 21.7 Å². The van der Waals surface area contributed by atoms with Crippen molar-refractivity contribution in [3.63, 3.8) is 0 Å². The number of rotatable bonds is 9. The molecule has 0 atom stereocenters. The van der Waals surface area contributed by atoms with Gasteiger partial charge in [0, 0.05) is 5.56 Å². The molecule has 0 saturated carbocycles. The second-order valence-electron chi connectivity index (χ2n) is 8.07. The first-order valence-electron chi connectivity index (χ1n) is 11.5. The van der Waals surface area contributed by atoms with Crippen LogP contribution in [0.15, 0.2) is 85.1 Å². The van der Waals surface area contributed by atoms with Crippen molar-refractivity contribution in [3.05, 3.63) is 107 Å². The number of benzene rings is 3. The van der Waals surface area contributed by atoms with Crippen LogP contribution in [0.1, 0.15) is 29.2 Å². The third-order valence-corrected chi connectivity index (χ3v) is 6.11. The van der Waals surface area contributed by atoms with E-state index < -0.39 is 0 Å². The average molecular weight is 485 g/mol. The fourth-order valence-corrected chi connectivity index (χ4v) is 4.37. The fourth-order valence-electron chi connectivity index (χ4n) is 4.07. The Morgan fingerprint density at radius 1 is 1.00 bits per heavy atom. The number of para-hydroxylation sites is 2. The van der Waals surface area contributed by atoms with E-state index in [0.29, 0.717) is 23.2 Å². The molecule has 1 heterocycles. The monoisotopic (exact) mass is 484 g/mol. The molecule has 1 aliphatic heterocycles. The van der Waals surface area contributed by atoms with Crippen molar-refractivity contribution in [1.82, 2.24) is 5.32 Å². The summed E-state index contributed by atoms with van der Waals surface area (Å²) in [7, 11) is 1.63. The topological polar surface area (TPSA) is 50.8 Å². The van der Waals surface area contributed by atoms with Crippen molar-refractivity contribution < 1.29 is 14.3 Å². The van der Waals surface area contributed by atoms with E-state index in [-0.39, 0.29) is 5.91 Å². The number of amides is 1. The van der Waals surface area contributed by atoms with Gasteiger partial charge < -0.3 is 14.8 Å². The van der Waals surface area contributed by atoms with E-state index in [0.717, 1.165) is 46.5 Å². The van der Waals surface area contributed by atoms with Gasteiger partial charge in [-0.3, -0.25) is 9.69 Å². The Morgan fingerprint density at radius 3 is 2.49 bits per heavy atom. The SMILES string of the molecule is C=CCc1ccccc1OCc1cc(/C=C2/NC(=S)N(c3ccccc3CC)C2=O)ccc1OC. The first-order chi connectivity index (χ1) is 17.0. The lowest BCUT2D eigenvalue weighted by atomic mass is 10.1. The third-order valence-electron chi connectivity index (χ3n) is 5.83. The molecule has 3 aromatic carbocycles. The van der Waals surface area contributed by atoms with Crippen LogP contribution in [0, 0.1) is 0 Å². The van der Waals surface area contributed by atoms with Gasteiger partial charge in [0.05, 0.1) is 12.8 Å². The molecule has 4 rings (SSSR count). The summed E-state index contributed by atoms with van der Waals surface area (Å²) in [6.07, 6.45) is 5.19. The molecule has 0 aliphatic carbocycles. The Labute approximate surface area is 211 Å². The Kier molecular flexibility index (Phi) is 7.63. The number of nitrogens with zero attached hydrogens (tertiary/aromatic N) is 1. The first kappa shape index (κ1) is 24.2. The highest BCUT2D eigenvalue weighted by Crippen LogP contribution is 2.28. The number of carbonyl (C=O) groups is 1. The Hall–Kier alpha value is -3.90. The summed E-state index contributed by atoms with van der Waals surface area (Å²) in [6.45, 7) is 6.20. The highest BCUT2D eigenvalue weighted by Gasteiger charge is 2.33. The average Bonchev–Trinajstić information content (AvgIpc) is 3.15. The Morgan fingerprint density at radius 2 is 1.74 bits per heavy atom. The maximum atomic E-state index is 13.3. The second kappa shape index (κ2) is 11.0. The lowest BCUT2D eigenvalue weighted by Gasteiger charge is -2.17. The summed E-state index contributed by atoms with van der Waals surface area (Å²) < 4.78 is 11.7. The molecule has 0 spiro atoms. The molecule has 6 heteroatoms. The van der Waals surface area contributed by atoms with E-state index in [1.54, 1.807) is 18.1 Å². The number of hydrogen-bond acceptors (Lipinski definition) is 4. The van der Waals surface area contributed by atoms with E-state index in [1.807, 2.05) is 72.8 Å². The minimum atomic E-state index is -0.178. The fraction of sp³-hybridized carbons (Fsp3) is 0.172. The molecular formula is C29H28N2O3S. The summed E-state index contributed by atoms with van der Waals surface area (Å²) >= 11 is 5.50. The van der Waals surface area contributed by atoms with Crippen LogP contribution in [0.2, 0.25) is 0 Å². The predicted octanol–water partition coefficient (Wildman–Crippen LogP) is 5.83. The van der Waals surface area contributed by atoms with Gasteiger partial charge in [-0.2, -0.15) is 0 Å². The molecule has 1 amide bonds. The first-order valence-corrected chi connectivity index (χ1v) is 11.9. The lowest BCUT2D eigenvalue weighted by Crippen LogP contribution is -2.31. The lowest BCUT2D eigenvalue weighted by molar-refractivity contribution is -0.113. The van der Waals surface area contributed by atoms with Crippen molar-refractivity contribution in [3.8, 4) is 11.5 Å². The van der Waals surface area contributed by atoms with Gasteiger partial charge in [-0.1, -0.05) is 55.5 Å². The maximum Gasteiger partial charge on any atom is 0.281 e. The van der Waals surface area contributed by atoms with Crippen molar-refractivity contribution in [2.45, 2.75) is 26.4 Å². The molecular weight excluding hydrogens is 456 g/mol. The molecule has 1 aliphatic rings. The van der Waals surface area contributed by atoms with Gasteiger partial charge in [0.25, 0.3) is 5.91 Å². The number of aryl methyl sites for hydroxylation is 1. The number of thiocarbonyl (C=S) groups is 1. The van der Waals surface area contributed by atoms with Crippen LogP contribution in [0.5, 0.6) is 11.5 Å². The highest BCUT2D eigenvalue weighted by atomic mass is 32.1. The highest BCUT2D eigenvalue weighted by molar-refractivity contribution is 7.80. The van der Waals surface area contributed by atoms with Crippen LogP contribution >= 0.6 is 12.2 Å². The summed E-state index contributed by atoms with van der Waals surface area (Å²) in [6, 6.07) is 21.4. The third kappa shape index (κ3) is 5.28. The number of ether oxygens (including phenoxy) is 2. The zero-order chi connectivity index (χ0) is 24.8. The molecule has 1 saturated heterocycles. The number of methoxy groups -OCH3 is 1. The van der Waals surface area contributed by atoms with Crippen molar-refractivity contribution in [1.29, 1.82) is 0 Å². The van der Waals surface area contributed by atoms with Crippen LogP contribution in [0.3, 0.4) is 0 Å². The largest absolute Gasteiger partial charge is 0.496 e. The predicted molar refractivity (Wildman–Crippen MR) is 145 cm³/mol. The second-order valence-corrected chi connectivity index (χ2v) is 8.46. The van der Waals surface area contributed by atoms with E-state index in [9.17, 15) is 4.79 Å². The summed E-state index contributed by atoms with van der Waals surface area (Å²) in [4.78, 5) is 14.8. The molecule has 0 bridgehead atoms. The Balaban J connectivity index is 1.59. The molecule has 5 nitrogen and oxygen atoms in total. The van der Waals surface area contributed by atoms with E-state index >= 15 is 0 Å². The molecule has 0 aromatic heterocycles. The van der Waals surface area contributed by atoms with Crippen LogP contribution in [-0.2, 0) is 24.2 Å². The van der Waals surface area contributed by atoms with E-state index in [1.165, 1.54) is 0 Å². The number of hydrogen-bond donors (Lipinski definition) is 1. The van der Waals surface area contributed by atoms with Gasteiger partial charge in [-0.25, -0.2) is 0 Å². The molecule has 35 heavy (non-hydrogen) atoms. The summed E-state index contributed by atoms with van der Waals surface area (Å²) in [5, 5.41) is 3.45. The van der Waals surface area contributed by atoms with Crippen LogP contribution < -0.4 is 19.7 Å². The maximum absolute atomic E-state index is 13.3. The van der Waals surface area contributed by atoms with Gasteiger partial charge in [0.15, 0.2) is 5.11 Å². The standard InChI is InChI=1S/C29H28N2O3S/c1-4-10-22-12-7-9-14-27(22)34-19-23-17-20(15-16-26(23)33-3)18-24-28(32)31(29(35)30-24)25-13-8-6-11-21(25)5-2/h4,6-9,11-18H,1,5,10,19H2,2-3H3,(H,30,35)/b24-18+. The van der Waals surface area contributed by atoms with Gasteiger partial charge in [0.1, 0.15) is 23.8 Å². The zero-order valence-corrected chi connectivity index (χ0v) is 20.7. The quantitative estimate of drug-likeness (QED) is 0.235. The molecule has 1 N–H and O–H groups in total. The van der Waals surface area contributed by atoms with Crippen LogP contribution in [-0.4, -0.2) is 18.1 Å². The van der Waals surface area contributed by atoms with E-state index in [2.05, 4.69) is 18.8 Å². The van der Waals surface area contributed by atoms with Crippen LogP contribution in [0.4, 0.5) is 5.69 Å². The minimum absolute atomic E-state index is 0.178. The van der Waals surface area contributed by atoms with Gasteiger partial charge >= 0.3 is 0 Å². The molecule has 178 valence electrons. The number of anilines is 1. The van der Waals surface area contributed by atoms with Crippen LogP contribution in [0.25, 0.3) is 6.08 Å². The van der Waals surface area contributed by atoms with Crippen molar-refractivity contribution in [2.24, 2.45) is 0 Å². The number of nitrogens with one attached hydrogen (secondary N) is 1. The van der Waals surface area contributed by atoms with Gasteiger partial charge in [-0.15, -0.1) is 6.58 Å². The summed E-state index contributed by atoms with van der Waals surface area (Å²) in [5.41, 5.74) is 5.08. The minimum Gasteiger partial charge on any atom is -0.496 e. The molecule has 0 unspecified atom stereocenters. The molecule has 1 fully saturated rings. The van der Waals surface area contributed by atoms with Crippen molar-refractivity contribution >= 4 is 35.0 Å². The Bertz CT molecular complexity index is 1300. The molecule has 0 radical (unpaired) electrons. The van der Waals surface area contributed by atoms with Gasteiger partial charge in [0.2, 0.25) is 0 Å². The molecule has 3 aromatic rings. The smallest absolute Gasteiger partial charge is 0.281 e. The summed E-state index contributed by atoms with van der Waals surface area (Å²) in [5.74, 6) is 1.34. The normalized spacial score (nSPS) is 14.2. The number of allylic oxidation sites excluding steroid dienone is 1. The number of carbonyl (C=O) groups excluding carboxylic acids is 1. The van der Waals surface area contributed by atoms with Crippen molar-refractivity contribution in [2.75, 3.05) is 12.0 Å². The zero-order valence-electron chi connectivity index (χ0n) is 19.9. The van der Waals surface area contributed by atoms with Gasteiger partial charge in [-0.05, 0) is 72.1 Å².